The standard InChI is InChI=1S/C25H30N2O3/c1-15(2)30-24-16(9-8-12-21(24)29-5)23-22-19(13-25(3,4)14-20(22)28)26-17-10-6-7-11-18(17)27-23/h6-12,15,23,26-27H,13-14H2,1-5H3/t23-/m0/s1. The van der Waals surface area contributed by atoms with Crippen LogP contribution in [0.2, 0.25) is 0 Å². The Kier molecular flexibility index (Phi) is 5.22. The molecule has 2 N–H and O–H groups in total. The van der Waals surface area contributed by atoms with E-state index in [1.165, 1.54) is 0 Å². The van der Waals surface area contributed by atoms with E-state index >= 15 is 0 Å². The molecule has 1 aliphatic heterocycles. The van der Waals surface area contributed by atoms with Crippen molar-refractivity contribution in [3.63, 3.8) is 0 Å². The maximum absolute atomic E-state index is 13.4. The molecule has 0 bridgehead atoms. The highest BCUT2D eigenvalue weighted by molar-refractivity contribution is 6.01. The molecule has 0 saturated heterocycles. The maximum Gasteiger partial charge on any atom is 0.167 e. The Bertz CT molecular complexity index is 1010. The van der Waals surface area contributed by atoms with Crippen LogP contribution in [0.4, 0.5) is 11.4 Å². The second kappa shape index (κ2) is 7.71. The molecule has 0 amide bonds. The molecule has 1 heterocycles. The number of methoxy groups -OCH3 is 1. The largest absolute Gasteiger partial charge is 0.493 e. The van der Waals surface area contributed by atoms with Crippen LogP contribution < -0.4 is 20.1 Å². The molecule has 0 fully saturated rings. The predicted molar refractivity (Wildman–Crippen MR) is 120 cm³/mol. The molecule has 2 aromatic carbocycles. The first-order valence-electron chi connectivity index (χ1n) is 10.5. The van der Waals surface area contributed by atoms with E-state index in [0.29, 0.717) is 17.9 Å². The monoisotopic (exact) mass is 406 g/mol. The number of hydrogen-bond acceptors (Lipinski definition) is 5. The van der Waals surface area contributed by atoms with E-state index in [9.17, 15) is 4.79 Å². The number of ether oxygens (including phenoxy) is 2. The van der Waals surface area contributed by atoms with Gasteiger partial charge in [0.1, 0.15) is 0 Å². The van der Waals surface area contributed by atoms with Crippen molar-refractivity contribution in [1.82, 2.24) is 0 Å². The topological polar surface area (TPSA) is 59.6 Å². The number of hydrogen-bond donors (Lipinski definition) is 2. The summed E-state index contributed by atoms with van der Waals surface area (Å²) in [7, 11) is 1.64. The van der Waals surface area contributed by atoms with Gasteiger partial charge in [-0.05, 0) is 43.9 Å². The minimum Gasteiger partial charge on any atom is -0.493 e. The molecular weight excluding hydrogens is 376 g/mol. The summed E-state index contributed by atoms with van der Waals surface area (Å²) in [4.78, 5) is 13.4. The van der Waals surface area contributed by atoms with E-state index < -0.39 is 0 Å². The Balaban J connectivity index is 1.93. The fraction of sp³-hybridized carbons (Fsp3) is 0.400. The first-order valence-corrected chi connectivity index (χ1v) is 10.5. The number of carbonyl (C=O) groups is 1. The zero-order valence-electron chi connectivity index (χ0n) is 18.3. The van der Waals surface area contributed by atoms with Gasteiger partial charge in [0, 0.05) is 23.3 Å². The highest BCUT2D eigenvalue weighted by atomic mass is 16.5. The molecule has 4 rings (SSSR count). The van der Waals surface area contributed by atoms with Gasteiger partial charge in [0.2, 0.25) is 0 Å². The SMILES string of the molecule is COc1cccc([C@@H]2Nc3ccccc3NC3=C2C(=O)CC(C)(C)C3)c1OC(C)C. The number of rotatable bonds is 4. The van der Waals surface area contributed by atoms with Crippen LogP contribution in [0.25, 0.3) is 0 Å². The summed E-state index contributed by atoms with van der Waals surface area (Å²) in [6.07, 6.45) is 1.31. The lowest BCUT2D eigenvalue weighted by Crippen LogP contribution is -2.31. The Labute approximate surface area is 178 Å². The lowest BCUT2D eigenvalue weighted by atomic mass is 9.73. The maximum atomic E-state index is 13.4. The van der Waals surface area contributed by atoms with E-state index in [2.05, 4.69) is 24.5 Å². The first-order chi connectivity index (χ1) is 14.3. The zero-order valence-corrected chi connectivity index (χ0v) is 18.3. The second-order valence-electron chi connectivity index (χ2n) is 9.13. The van der Waals surface area contributed by atoms with E-state index in [0.717, 1.165) is 34.6 Å². The minimum absolute atomic E-state index is 0.0225. The van der Waals surface area contributed by atoms with Crippen LogP contribution in [0.15, 0.2) is 53.7 Å². The van der Waals surface area contributed by atoms with Gasteiger partial charge in [0.15, 0.2) is 17.3 Å². The van der Waals surface area contributed by atoms with Gasteiger partial charge >= 0.3 is 0 Å². The summed E-state index contributed by atoms with van der Waals surface area (Å²) in [6, 6.07) is 13.6. The number of benzene rings is 2. The summed E-state index contributed by atoms with van der Waals surface area (Å²) in [6.45, 7) is 8.28. The summed E-state index contributed by atoms with van der Waals surface area (Å²) < 4.78 is 11.8. The molecule has 0 aromatic heterocycles. The quantitative estimate of drug-likeness (QED) is 0.682. The van der Waals surface area contributed by atoms with Crippen molar-refractivity contribution >= 4 is 17.2 Å². The van der Waals surface area contributed by atoms with Crippen molar-refractivity contribution in [1.29, 1.82) is 0 Å². The average Bonchev–Trinajstić information content (AvgIpc) is 2.83. The smallest absolute Gasteiger partial charge is 0.167 e. The van der Waals surface area contributed by atoms with Gasteiger partial charge in [-0.25, -0.2) is 0 Å². The first kappa shape index (κ1) is 20.3. The molecule has 0 unspecified atom stereocenters. The van der Waals surface area contributed by atoms with E-state index in [-0.39, 0.29) is 23.3 Å². The van der Waals surface area contributed by atoms with Crippen LogP contribution in [-0.4, -0.2) is 19.0 Å². The molecular formula is C25H30N2O3. The summed E-state index contributed by atoms with van der Waals surface area (Å²) in [5, 5.41) is 7.18. The summed E-state index contributed by atoms with van der Waals surface area (Å²) in [5.41, 5.74) is 4.53. The van der Waals surface area contributed by atoms with Gasteiger partial charge in [-0.1, -0.05) is 38.1 Å². The van der Waals surface area contributed by atoms with Crippen molar-refractivity contribution < 1.29 is 14.3 Å². The third-order valence-corrected chi connectivity index (χ3v) is 5.61. The van der Waals surface area contributed by atoms with E-state index in [4.69, 9.17) is 9.47 Å². The molecule has 1 aliphatic carbocycles. The number of fused-ring (bicyclic) bond motifs is 1. The molecule has 158 valence electrons. The van der Waals surface area contributed by atoms with E-state index in [1.807, 2.05) is 56.3 Å². The molecule has 30 heavy (non-hydrogen) atoms. The van der Waals surface area contributed by atoms with Crippen molar-refractivity contribution in [2.75, 3.05) is 17.7 Å². The molecule has 0 saturated carbocycles. The lowest BCUT2D eigenvalue weighted by Gasteiger charge is -2.34. The predicted octanol–water partition coefficient (Wildman–Crippen LogP) is 5.70. The number of ketones is 1. The van der Waals surface area contributed by atoms with Crippen molar-refractivity contribution in [3.8, 4) is 11.5 Å². The molecule has 2 aromatic rings. The number of anilines is 2. The third-order valence-electron chi connectivity index (χ3n) is 5.61. The van der Waals surface area contributed by atoms with Crippen molar-refractivity contribution in [2.45, 2.75) is 52.7 Å². The van der Waals surface area contributed by atoms with Crippen LogP contribution in [-0.2, 0) is 4.79 Å². The highest BCUT2D eigenvalue weighted by Crippen LogP contribution is 2.48. The van der Waals surface area contributed by atoms with Crippen LogP contribution in [0.3, 0.4) is 0 Å². The van der Waals surface area contributed by atoms with Crippen molar-refractivity contribution in [2.24, 2.45) is 5.41 Å². The third kappa shape index (κ3) is 3.76. The van der Waals surface area contributed by atoms with Crippen LogP contribution in [0, 0.1) is 5.41 Å². The molecule has 5 heteroatoms. The van der Waals surface area contributed by atoms with Gasteiger partial charge in [-0.3, -0.25) is 4.79 Å². The van der Waals surface area contributed by atoms with Crippen molar-refractivity contribution in [3.05, 3.63) is 59.3 Å². The average molecular weight is 407 g/mol. The Morgan fingerprint density at radius 1 is 1.03 bits per heavy atom. The Morgan fingerprint density at radius 2 is 1.77 bits per heavy atom. The van der Waals surface area contributed by atoms with Crippen LogP contribution >= 0.6 is 0 Å². The second-order valence-corrected chi connectivity index (χ2v) is 9.13. The van der Waals surface area contributed by atoms with Crippen LogP contribution in [0.5, 0.6) is 11.5 Å². The van der Waals surface area contributed by atoms with Gasteiger partial charge in [0.05, 0.1) is 30.6 Å². The highest BCUT2D eigenvalue weighted by Gasteiger charge is 2.39. The van der Waals surface area contributed by atoms with E-state index in [1.54, 1.807) is 7.11 Å². The molecule has 0 spiro atoms. The molecule has 2 aliphatic rings. The molecule has 5 nitrogen and oxygen atoms in total. The Hall–Kier alpha value is -2.95. The summed E-state index contributed by atoms with van der Waals surface area (Å²) >= 11 is 0. The fourth-order valence-corrected chi connectivity index (χ4v) is 4.41. The number of para-hydroxylation sites is 3. The normalized spacial score (nSPS) is 19.9. The van der Waals surface area contributed by atoms with Gasteiger partial charge < -0.3 is 20.1 Å². The molecule has 0 radical (unpaired) electrons. The Morgan fingerprint density at radius 3 is 2.47 bits per heavy atom. The minimum atomic E-state index is -0.330. The fourth-order valence-electron chi connectivity index (χ4n) is 4.41. The number of allylic oxidation sites excluding steroid dienone is 1. The van der Waals surface area contributed by atoms with Gasteiger partial charge in [-0.15, -0.1) is 0 Å². The van der Waals surface area contributed by atoms with Gasteiger partial charge in [-0.2, -0.15) is 0 Å². The zero-order chi connectivity index (χ0) is 21.5. The van der Waals surface area contributed by atoms with Gasteiger partial charge in [0.25, 0.3) is 0 Å². The number of nitrogens with one attached hydrogen (secondary N) is 2. The number of carbonyl (C=O) groups excluding carboxylic acids is 1. The number of Topliss-reactive ketones (excluding diaryl/α,β-unsaturated/α-hetero) is 1. The lowest BCUT2D eigenvalue weighted by molar-refractivity contribution is -0.118. The molecule has 1 atom stereocenters. The van der Waals surface area contributed by atoms with Crippen LogP contribution in [0.1, 0.15) is 52.1 Å². The summed E-state index contributed by atoms with van der Waals surface area (Å²) in [5.74, 6) is 1.51.